The Balaban J connectivity index is 1.71. The molecule has 2 aliphatic carbocycles. The summed E-state index contributed by atoms with van der Waals surface area (Å²) in [5, 5.41) is 23.6. The van der Waals surface area contributed by atoms with E-state index in [9.17, 15) is 24.6 Å². The lowest BCUT2D eigenvalue weighted by Gasteiger charge is -2.40. The largest absolute Gasteiger partial charge is 0.493 e. The summed E-state index contributed by atoms with van der Waals surface area (Å²) >= 11 is 0. The van der Waals surface area contributed by atoms with Gasteiger partial charge in [0.25, 0.3) is 0 Å². The Hall–Kier alpha value is -2.95. The van der Waals surface area contributed by atoms with Crippen molar-refractivity contribution in [2.24, 2.45) is 5.92 Å². The fourth-order valence-electron chi connectivity index (χ4n) is 5.96. The van der Waals surface area contributed by atoms with Crippen LogP contribution < -0.4 is 14.8 Å². The second-order valence-corrected chi connectivity index (χ2v) is 10.2. The molecule has 0 spiro atoms. The molecule has 38 heavy (non-hydrogen) atoms. The van der Waals surface area contributed by atoms with Crippen molar-refractivity contribution in [2.75, 3.05) is 40.5 Å². The van der Waals surface area contributed by atoms with Crippen LogP contribution in [0.15, 0.2) is 23.8 Å². The normalized spacial score (nSPS) is 24.2. The summed E-state index contributed by atoms with van der Waals surface area (Å²) in [6.07, 6.45) is 6.05. The molecule has 1 fully saturated rings. The molecule has 0 unspecified atom stereocenters. The van der Waals surface area contributed by atoms with Gasteiger partial charge in [0.05, 0.1) is 32.3 Å². The number of nitrogens with one attached hydrogen (secondary N) is 1. The zero-order valence-corrected chi connectivity index (χ0v) is 22.1. The lowest BCUT2D eigenvalue weighted by molar-refractivity contribution is -0.138. The third-order valence-electron chi connectivity index (χ3n) is 7.87. The van der Waals surface area contributed by atoms with Gasteiger partial charge in [-0.05, 0) is 30.5 Å². The molecule has 1 aromatic carbocycles. The summed E-state index contributed by atoms with van der Waals surface area (Å²) in [7, 11) is 3.00. The fraction of sp³-hybridized carbons (Fsp3) is 0.607. The molecule has 208 valence electrons. The van der Waals surface area contributed by atoms with Gasteiger partial charge in [-0.1, -0.05) is 25.7 Å². The average Bonchev–Trinajstić information content (AvgIpc) is 3.59. The first-order chi connectivity index (χ1) is 18.4. The number of benzene rings is 1. The van der Waals surface area contributed by atoms with Crippen molar-refractivity contribution in [2.45, 2.75) is 62.7 Å². The van der Waals surface area contributed by atoms with Gasteiger partial charge in [0, 0.05) is 43.3 Å². The summed E-state index contributed by atoms with van der Waals surface area (Å²) in [6, 6.07) is 2.34. The first-order valence-corrected chi connectivity index (χ1v) is 13.3. The number of amides is 2. The maximum absolute atomic E-state index is 13.5. The number of methoxy groups -OCH3 is 2. The molecule has 0 aromatic heterocycles. The van der Waals surface area contributed by atoms with Crippen LogP contribution in [0.1, 0.15) is 60.4 Å². The number of aldehydes is 1. The van der Waals surface area contributed by atoms with E-state index in [1.54, 1.807) is 30.2 Å². The number of hydrogen-bond donors (Lipinski definition) is 3. The first kappa shape index (κ1) is 28.1. The van der Waals surface area contributed by atoms with Crippen molar-refractivity contribution in [1.82, 2.24) is 10.2 Å². The van der Waals surface area contributed by atoms with Crippen LogP contribution in [-0.4, -0.2) is 92.0 Å². The number of aliphatic hydroxyl groups is 2. The minimum atomic E-state index is -1.15. The van der Waals surface area contributed by atoms with Crippen molar-refractivity contribution in [3.05, 3.63) is 34.9 Å². The smallest absolute Gasteiger partial charge is 0.247 e. The van der Waals surface area contributed by atoms with E-state index in [0.29, 0.717) is 46.8 Å². The zero-order valence-electron chi connectivity index (χ0n) is 22.1. The van der Waals surface area contributed by atoms with Crippen molar-refractivity contribution < 1.29 is 38.8 Å². The highest BCUT2D eigenvalue weighted by atomic mass is 16.5. The average molecular weight is 531 g/mol. The van der Waals surface area contributed by atoms with Gasteiger partial charge < -0.3 is 34.6 Å². The van der Waals surface area contributed by atoms with Gasteiger partial charge in [0.15, 0.2) is 11.5 Å². The number of nitrogens with zero attached hydrogens (tertiary/aromatic N) is 1. The van der Waals surface area contributed by atoms with Crippen LogP contribution in [-0.2, 0) is 14.3 Å². The molecular formula is C28H38N2O8. The first-order valence-electron chi connectivity index (χ1n) is 13.3. The van der Waals surface area contributed by atoms with Crippen LogP contribution in [0.25, 0.3) is 0 Å². The van der Waals surface area contributed by atoms with E-state index in [1.165, 1.54) is 20.0 Å². The second-order valence-electron chi connectivity index (χ2n) is 10.2. The number of ether oxygens (including phenoxy) is 3. The Morgan fingerprint density at radius 1 is 1.24 bits per heavy atom. The molecule has 10 nitrogen and oxygen atoms in total. The Labute approximate surface area is 222 Å². The Morgan fingerprint density at radius 2 is 2.00 bits per heavy atom. The van der Waals surface area contributed by atoms with Crippen molar-refractivity contribution in [3.8, 4) is 11.5 Å². The number of hydrogen-bond acceptors (Lipinski definition) is 8. The van der Waals surface area contributed by atoms with Crippen molar-refractivity contribution in [3.63, 3.8) is 0 Å². The van der Waals surface area contributed by atoms with Crippen LogP contribution in [0, 0.1) is 5.92 Å². The van der Waals surface area contributed by atoms with Crippen LogP contribution in [0.2, 0.25) is 0 Å². The van der Waals surface area contributed by atoms with Crippen LogP contribution in [0.3, 0.4) is 0 Å². The molecule has 1 aliphatic heterocycles. The number of rotatable bonds is 12. The minimum absolute atomic E-state index is 0.0416. The van der Waals surface area contributed by atoms with E-state index in [-0.39, 0.29) is 32.2 Å². The molecule has 10 heteroatoms. The quantitative estimate of drug-likeness (QED) is 0.347. The molecule has 4 rings (SSSR count). The summed E-state index contributed by atoms with van der Waals surface area (Å²) < 4.78 is 16.9. The van der Waals surface area contributed by atoms with E-state index in [2.05, 4.69) is 5.32 Å². The van der Waals surface area contributed by atoms with Crippen molar-refractivity contribution >= 4 is 18.1 Å². The summed E-state index contributed by atoms with van der Waals surface area (Å²) in [6.45, 7) is 0.311. The predicted octanol–water partition coefficient (Wildman–Crippen LogP) is 1.58. The highest BCUT2D eigenvalue weighted by Gasteiger charge is 2.51. The molecule has 3 aliphatic rings. The lowest BCUT2D eigenvalue weighted by Crippen LogP contribution is -2.56. The predicted molar refractivity (Wildman–Crippen MR) is 138 cm³/mol. The van der Waals surface area contributed by atoms with Crippen LogP contribution in [0.4, 0.5) is 0 Å². The summed E-state index contributed by atoms with van der Waals surface area (Å²) in [5.41, 5.74) is 1.20. The highest BCUT2D eigenvalue weighted by Crippen LogP contribution is 2.51. The van der Waals surface area contributed by atoms with Gasteiger partial charge in [0.1, 0.15) is 18.5 Å². The third-order valence-corrected chi connectivity index (χ3v) is 7.87. The standard InChI is InChI=1S/C28H38N2O8/c1-36-12-10-30(23(33)8-7-17-5-3-4-6-17)21-15-20(28(35)29-9-11-31)24-19-13-18(16-32)14-22(37-2)26(19)38-27(24)25(21)34/h13-17,21,24-25,27,31,34H,3-12H2,1-2H3,(H,29,35)/t21-,24+,25+,27+/m1/s1. The van der Waals surface area contributed by atoms with E-state index >= 15 is 0 Å². The third kappa shape index (κ3) is 5.72. The van der Waals surface area contributed by atoms with Gasteiger partial charge >= 0.3 is 0 Å². The maximum atomic E-state index is 13.5. The second kappa shape index (κ2) is 12.7. The summed E-state index contributed by atoms with van der Waals surface area (Å²) in [4.78, 5) is 40.0. The number of aliphatic hydroxyl groups excluding tert-OH is 2. The maximum Gasteiger partial charge on any atom is 0.247 e. The van der Waals surface area contributed by atoms with Crippen molar-refractivity contribution in [1.29, 1.82) is 0 Å². The van der Waals surface area contributed by atoms with Gasteiger partial charge in [-0.25, -0.2) is 0 Å². The number of carbonyl (C=O) groups is 3. The molecule has 1 heterocycles. The van der Waals surface area contributed by atoms with E-state index in [1.807, 2.05) is 0 Å². The topological polar surface area (TPSA) is 135 Å². The molecule has 3 N–H and O–H groups in total. The lowest BCUT2D eigenvalue weighted by atomic mass is 9.77. The minimum Gasteiger partial charge on any atom is -0.493 e. The molecule has 1 aromatic rings. The fourth-order valence-corrected chi connectivity index (χ4v) is 5.96. The molecular weight excluding hydrogens is 492 g/mol. The Morgan fingerprint density at radius 3 is 2.66 bits per heavy atom. The van der Waals surface area contributed by atoms with E-state index in [0.717, 1.165) is 19.3 Å². The summed E-state index contributed by atoms with van der Waals surface area (Å²) in [5.74, 6) is -0.0403. The van der Waals surface area contributed by atoms with Gasteiger partial charge in [-0.15, -0.1) is 0 Å². The molecule has 0 saturated heterocycles. The molecule has 4 atom stereocenters. The Bertz CT molecular complexity index is 1050. The van der Waals surface area contributed by atoms with E-state index < -0.39 is 30.1 Å². The van der Waals surface area contributed by atoms with Crippen LogP contribution >= 0.6 is 0 Å². The number of carbonyl (C=O) groups excluding carboxylic acids is 3. The molecule has 1 saturated carbocycles. The Kier molecular flexibility index (Phi) is 9.40. The molecule has 0 radical (unpaired) electrons. The van der Waals surface area contributed by atoms with E-state index in [4.69, 9.17) is 14.2 Å². The van der Waals surface area contributed by atoms with Gasteiger partial charge in [-0.2, -0.15) is 0 Å². The number of fused-ring (bicyclic) bond motifs is 3. The molecule has 0 bridgehead atoms. The molecule has 2 amide bonds. The SMILES string of the molecule is COCCN(C(=O)CCC1CCCC1)[C@@H]1C=C(C(=O)NCCO)[C@@H]2c3cc(C=O)cc(OC)c3O[C@@H]2[C@H]1O. The zero-order chi connectivity index (χ0) is 27.2. The van der Waals surface area contributed by atoms with Gasteiger partial charge in [0.2, 0.25) is 11.8 Å². The highest BCUT2D eigenvalue weighted by molar-refractivity contribution is 5.96. The monoisotopic (exact) mass is 530 g/mol. The van der Waals surface area contributed by atoms with Gasteiger partial charge in [-0.3, -0.25) is 14.4 Å². The van der Waals surface area contributed by atoms with Crippen LogP contribution in [0.5, 0.6) is 11.5 Å².